The topological polar surface area (TPSA) is 29.4 Å². The second-order valence-corrected chi connectivity index (χ2v) is 3.25. The van der Waals surface area contributed by atoms with E-state index in [0.29, 0.717) is 6.54 Å². The van der Waals surface area contributed by atoms with Gasteiger partial charge in [-0.2, -0.15) is 0 Å². The third-order valence-corrected chi connectivity index (χ3v) is 2.72. The van der Waals surface area contributed by atoms with E-state index in [1.54, 1.807) is 0 Å². The Morgan fingerprint density at radius 2 is 2.33 bits per heavy atom. The van der Waals surface area contributed by atoms with Crippen LogP contribution in [-0.2, 0) is 11.3 Å². The molecule has 0 aromatic heterocycles. The summed E-state index contributed by atoms with van der Waals surface area (Å²) in [6.07, 6.45) is 1.52. The Bertz CT molecular complexity index is 329. The fourth-order valence-corrected chi connectivity index (χ4v) is 1.34. The van der Waals surface area contributed by atoms with Crippen LogP contribution in [-0.4, -0.2) is 6.08 Å². The monoisotopic (exact) mass is 225 g/mol. The SMILES string of the molecule is Cc1cccc(CN=C=O)c1Br. The zero-order valence-corrected chi connectivity index (χ0v) is 8.26. The number of hydrogen-bond donors (Lipinski definition) is 0. The maximum atomic E-state index is 9.87. The molecule has 0 amide bonds. The van der Waals surface area contributed by atoms with Crippen molar-refractivity contribution in [1.29, 1.82) is 0 Å². The molecule has 0 N–H and O–H groups in total. The number of benzene rings is 1. The van der Waals surface area contributed by atoms with Gasteiger partial charge in [-0.15, -0.1) is 0 Å². The summed E-state index contributed by atoms with van der Waals surface area (Å²) < 4.78 is 1.02. The van der Waals surface area contributed by atoms with Crippen LogP contribution in [0.15, 0.2) is 27.7 Å². The number of aryl methyl sites for hydroxylation is 1. The average molecular weight is 226 g/mol. The maximum absolute atomic E-state index is 9.87. The van der Waals surface area contributed by atoms with Crippen molar-refractivity contribution in [3.8, 4) is 0 Å². The molecule has 0 aliphatic heterocycles. The number of nitrogens with zero attached hydrogens (tertiary/aromatic N) is 1. The van der Waals surface area contributed by atoms with Crippen molar-refractivity contribution in [3.63, 3.8) is 0 Å². The highest BCUT2D eigenvalue weighted by molar-refractivity contribution is 9.10. The van der Waals surface area contributed by atoms with E-state index in [-0.39, 0.29) is 0 Å². The molecule has 0 saturated carbocycles. The second kappa shape index (κ2) is 4.19. The largest absolute Gasteiger partial charge is 0.235 e. The molecule has 3 heteroatoms. The van der Waals surface area contributed by atoms with Crippen molar-refractivity contribution in [1.82, 2.24) is 0 Å². The van der Waals surface area contributed by atoms with E-state index in [1.807, 2.05) is 25.1 Å². The van der Waals surface area contributed by atoms with Crippen LogP contribution in [0, 0.1) is 6.92 Å². The van der Waals surface area contributed by atoms with Gasteiger partial charge in [-0.25, -0.2) is 9.79 Å². The highest BCUT2D eigenvalue weighted by Crippen LogP contribution is 2.21. The fraction of sp³-hybridized carbons (Fsp3) is 0.222. The van der Waals surface area contributed by atoms with Gasteiger partial charge in [0.15, 0.2) is 0 Å². The number of rotatable bonds is 2. The molecule has 0 aliphatic carbocycles. The van der Waals surface area contributed by atoms with Crippen molar-refractivity contribution in [2.45, 2.75) is 13.5 Å². The van der Waals surface area contributed by atoms with Crippen LogP contribution in [0.25, 0.3) is 0 Å². The van der Waals surface area contributed by atoms with E-state index in [2.05, 4.69) is 20.9 Å². The molecule has 0 unspecified atom stereocenters. The van der Waals surface area contributed by atoms with Gasteiger partial charge in [0, 0.05) is 4.47 Å². The summed E-state index contributed by atoms with van der Waals surface area (Å²) >= 11 is 3.42. The Balaban J connectivity index is 2.99. The average Bonchev–Trinajstić information content (AvgIpc) is 2.08. The molecule has 0 heterocycles. The van der Waals surface area contributed by atoms with Crippen molar-refractivity contribution >= 4 is 22.0 Å². The third kappa shape index (κ3) is 2.03. The number of aliphatic imine (C=N–C) groups is 1. The zero-order chi connectivity index (χ0) is 8.97. The lowest BCUT2D eigenvalue weighted by atomic mass is 10.1. The molecule has 1 aromatic carbocycles. The van der Waals surface area contributed by atoms with Crippen molar-refractivity contribution in [2.75, 3.05) is 0 Å². The standard InChI is InChI=1S/C9H8BrNO/c1-7-3-2-4-8(9(7)10)5-11-6-12/h2-4H,5H2,1H3. The number of isocyanates is 1. The lowest BCUT2D eigenvalue weighted by Crippen LogP contribution is -1.85. The van der Waals surface area contributed by atoms with Crippen molar-refractivity contribution in [2.24, 2.45) is 4.99 Å². The minimum absolute atomic E-state index is 0.395. The molecular weight excluding hydrogens is 218 g/mol. The summed E-state index contributed by atoms with van der Waals surface area (Å²) in [6.45, 7) is 2.39. The molecule has 62 valence electrons. The Labute approximate surface area is 79.5 Å². The molecule has 0 spiro atoms. The highest BCUT2D eigenvalue weighted by atomic mass is 79.9. The van der Waals surface area contributed by atoms with Gasteiger partial charge in [0.25, 0.3) is 0 Å². The van der Waals surface area contributed by atoms with Crippen LogP contribution in [0.2, 0.25) is 0 Å². The van der Waals surface area contributed by atoms with Crippen molar-refractivity contribution < 1.29 is 4.79 Å². The van der Waals surface area contributed by atoms with E-state index in [9.17, 15) is 4.79 Å². The summed E-state index contributed by atoms with van der Waals surface area (Å²) in [4.78, 5) is 13.4. The van der Waals surface area contributed by atoms with Gasteiger partial charge >= 0.3 is 0 Å². The quantitative estimate of drug-likeness (QED) is 0.562. The molecule has 1 rings (SSSR count). The summed E-state index contributed by atoms with van der Waals surface area (Å²) in [7, 11) is 0. The zero-order valence-electron chi connectivity index (χ0n) is 6.67. The molecule has 0 atom stereocenters. The third-order valence-electron chi connectivity index (χ3n) is 1.59. The van der Waals surface area contributed by atoms with Gasteiger partial charge in [-0.3, -0.25) is 0 Å². The Morgan fingerprint density at radius 3 is 3.00 bits per heavy atom. The fourth-order valence-electron chi connectivity index (χ4n) is 0.948. The van der Waals surface area contributed by atoms with E-state index < -0.39 is 0 Å². The minimum atomic E-state index is 0.395. The van der Waals surface area contributed by atoms with Crippen LogP contribution in [0.3, 0.4) is 0 Å². The van der Waals surface area contributed by atoms with Crippen LogP contribution >= 0.6 is 15.9 Å². The predicted octanol–water partition coefficient (Wildman–Crippen LogP) is 2.59. The Kier molecular flexibility index (Phi) is 3.20. The van der Waals surface area contributed by atoms with E-state index >= 15 is 0 Å². The smallest absolute Gasteiger partial charge is 0.211 e. The molecule has 1 aromatic rings. The first-order chi connectivity index (χ1) is 5.75. The number of halogens is 1. The normalized spacial score (nSPS) is 9.17. The number of hydrogen-bond acceptors (Lipinski definition) is 2. The second-order valence-electron chi connectivity index (χ2n) is 2.46. The lowest BCUT2D eigenvalue weighted by molar-refractivity contribution is 0.562. The van der Waals surface area contributed by atoms with E-state index in [1.165, 1.54) is 6.08 Å². The van der Waals surface area contributed by atoms with Crippen LogP contribution in [0.5, 0.6) is 0 Å². The van der Waals surface area contributed by atoms with Gasteiger partial charge in [0.05, 0.1) is 6.54 Å². The molecule has 2 nitrogen and oxygen atoms in total. The van der Waals surface area contributed by atoms with Crippen LogP contribution < -0.4 is 0 Å². The highest BCUT2D eigenvalue weighted by Gasteiger charge is 1.99. The molecule has 0 radical (unpaired) electrons. The molecule has 0 bridgehead atoms. The van der Waals surface area contributed by atoms with E-state index in [4.69, 9.17) is 0 Å². The van der Waals surface area contributed by atoms with Crippen molar-refractivity contribution in [3.05, 3.63) is 33.8 Å². The summed E-state index contributed by atoms with van der Waals surface area (Å²) in [5.41, 5.74) is 2.16. The van der Waals surface area contributed by atoms with Gasteiger partial charge in [0.2, 0.25) is 6.08 Å². The molecule has 0 fully saturated rings. The Hall–Kier alpha value is -0.920. The number of carbonyl (C=O) groups excluding carboxylic acids is 1. The lowest BCUT2D eigenvalue weighted by Gasteiger charge is -2.02. The first-order valence-electron chi connectivity index (χ1n) is 3.53. The molecule has 12 heavy (non-hydrogen) atoms. The predicted molar refractivity (Wildman–Crippen MR) is 50.7 cm³/mol. The minimum Gasteiger partial charge on any atom is -0.211 e. The molecule has 0 saturated heterocycles. The Morgan fingerprint density at radius 1 is 1.58 bits per heavy atom. The van der Waals surface area contributed by atoms with E-state index in [0.717, 1.165) is 15.6 Å². The van der Waals surface area contributed by atoms with Gasteiger partial charge in [-0.05, 0) is 18.1 Å². The first-order valence-corrected chi connectivity index (χ1v) is 4.32. The van der Waals surface area contributed by atoms with Crippen LogP contribution in [0.4, 0.5) is 0 Å². The molecule has 0 aliphatic rings. The van der Waals surface area contributed by atoms with Gasteiger partial charge in [-0.1, -0.05) is 34.1 Å². The van der Waals surface area contributed by atoms with Crippen LogP contribution in [0.1, 0.15) is 11.1 Å². The summed E-state index contributed by atoms with van der Waals surface area (Å²) in [5.74, 6) is 0. The van der Waals surface area contributed by atoms with Gasteiger partial charge in [0.1, 0.15) is 0 Å². The van der Waals surface area contributed by atoms with Gasteiger partial charge < -0.3 is 0 Å². The summed E-state index contributed by atoms with van der Waals surface area (Å²) in [6, 6.07) is 5.87. The maximum Gasteiger partial charge on any atom is 0.235 e. The molecular formula is C9H8BrNO. The summed E-state index contributed by atoms with van der Waals surface area (Å²) in [5, 5.41) is 0. The first kappa shape index (κ1) is 9.17.